The molecule has 3 nitrogen and oxygen atoms in total. The Labute approximate surface area is 118 Å². The van der Waals surface area contributed by atoms with E-state index in [1.54, 1.807) is 12.1 Å². The van der Waals surface area contributed by atoms with Crippen LogP contribution in [-0.2, 0) is 4.74 Å². The molecule has 20 heavy (non-hydrogen) atoms. The van der Waals surface area contributed by atoms with Crippen LogP contribution in [0.15, 0.2) is 42.5 Å². The summed E-state index contributed by atoms with van der Waals surface area (Å²) in [6, 6.07) is 9.09. The summed E-state index contributed by atoms with van der Waals surface area (Å²) in [7, 11) is 0. The number of carbonyl (C=O) groups is 1. The molecule has 3 heteroatoms. The quantitative estimate of drug-likeness (QED) is 0.663. The van der Waals surface area contributed by atoms with E-state index in [1.807, 2.05) is 18.2 Å². The number of esters is 1. The molecule has 2 bridgehead atoms. The second kappa shape index (κ2) is 4.45. The lowest BCUT2D eigenvalue weighted by molar-refractivity contribution is 0.0146. The van der Waals surface area contributed by atoms with Crippen LogP contribution in [0.25, 0.3) is 0 Å². The van der Waals surface area contributed by atoms with Crippen molar-refractivity contribution < 1.29 is 14.6 Å². The summed E-state index contributed by atoms with van der Waals surface area (Å²) in [5, 5.41) is 10.3. The maximum absolute atomic E-state index is 12.2. The summed E-state index contributed by atoms with van der Waals surface area (Å²) >= 11 is 0. The average molecular weight is 270 g/mol. The van der Waals surface area contributed by atoms with Gasteiger partial charge >= 0.3 is 5.97 Å². The first-order chi connectivity index (χ1) is 9.74. The first-order valence-electron chi connectivity index (χ1n) is 7.36. The fourth-order valence-electron chi connectivity index (χ4n) is 4.42. The summed E-state index contributed by atoms with van der Waals surface area (Å²) in [6.45, 7) is 0. The highest BCUT2D eigenvalue weighted by Crippen LogP contribution is 2.56. The molecule has 6 atom stereocenters. The predicted octanol–water partition coefficient (Wildman–Crippen LogP) is 2.41. The Bertz CT molecular complexity index is 551. The van der Waals surface area contributed by atoms with E-state index in [1.165, 1.54) is 0 Å². The van der Waals surface area contributed by atoms with Crippen molar-refractivity contribution in [2.75, 3.05) is 0 Å². The van der Waals surface area contributed by atoms with Gasteiger partial charge in [-0.25, -0.2) is 4.79 Å². The van der Waals surface area contributed by atoms with E-state index in [4.69, 9.17) is 4.74 Å². The fourth-order valence-corrected chi connectivity index (χ4v) is 4.42. The third kappa shape index (κ3) is 1.73. The van der Waals surface area contributed by atoms with Crippen LogP contribution in [0, 0.1) is 23.7 Å². The van der Waals surface area contributed by atoms with Gasteiger partial charge in [0.15, 0.2) is 0 Å². The van der Waals surface area contributed by atoms with E-state index >= 15 is 0 Å². The first kappa shape index (κ1) is 12.2. The molecule has 2 saturated carbocycles. The molecule has 1 aromatic carbocycles. The van der Waals surface area contributed by atoms with E-state index in [-0.39, 0.29) is 18.2 Å². The highest BCUT2D eigenvalue weighted by molar-refractivity contribution is 5.89. The van der Waals surface area contributed by atoms with Crippen LogP contribution in [-0.4, -0.2) is 23.3 Å². The normalized spacial score (nSPS) is 40.9. The second-order valence-corrected chi connectivity index (χ2v) is 6.22. The zero-order valence-electron chi connectivity index (χ0n) is 11.2. The zero-order chi connectivity index (χ0) is 13.7. The number of aliphatic hydroxyl groups is 1. The minimum Gasteiger partial charge on any atom is -0.458 e. The summed E-state index contributed by atoms with van der Waals surface area (Å²) in [4.78, 5) is 12.2. The predicted molar refractivity (Wildman–Crippen MR) is 74.0 cm³/mol. The van der Waals surface area contributed by atoms with E-state index in [9.17, 15) is 9.90 Å². The van der Waals surface area contributed by atoms with Crippen molar-refractivity contribution in [1.29, 1.82) is 0 Å². The third-order valence-corrected chi connectivity index (χ3v) is 5.20. The van der Waals surface area contributed by atoms with Crippen LogP contribution in [0.4, 0.5) is 0 Å². The van der Waals surface area contributed by atoms with Gasteiger partial charge in [0.05, 0.1) is 11.7 Å². The van der Waals surface area contributed by atoms with Crippen molar-refractivity contribution >= 4 is 5.97 Å². The molecule has 0 unspecified atom stereocenters. The zero-order valence-corrected chi connectivity index (χ0v) is 11.2. The Hall–Kier alpha value is -1.61. The molecule has 2 fully saturated rings. The van der Waals surface area contributed by atoms with Crippen LogP contribution in [0.3, 0.4) is 0 Å². The Balaban J connectivity index is 1.53. The summed E-state index contributed by atoms with van der Waals surface area (Å²) in [6.07, 6.45) is 5.72. The minimum absolute atomic E-state index is 0.136. The van der Waals surface area contributed by atoms with Crippen molar-refractivity contribution in [3.05, 3.63) is 48.0 Å². The van der Waals surface area contributed by atoms with Crippen molar-refractivity contribution in [3.63, 3.8) is 0 Å². The van der Waals surface area contributed by atoms with Crippen molar-refractivity contribution in [2.24, 2.45) is 23.7 Å². The average Bonchev–Trinajstić information content (AvgIpc) is 3.14. The highest BCUT2D eigenvalue weighted by atomic mass is 16.5. The van der Waals surface area contributed by atoms with Crippen molar-refractivity contribution in [3.8, 4) is 0 Å². The monoisotopic (exact) mass is 270 g/mol. The minimum atomic E-state index is -0.325. The lowest BCUT2D eigenvalue weighted by Crippen LogP contribution is -2.28. The Morgan fingerprint density at radius 1 is 1.05 bits per heavy atom. The largest absolute Gasteiger partial charge is 0.458 e. The van der Waals surface area contributed by atoms with Crippen molar-refractivity contribution in [1.82, 2.24) is 0 Å². The molecule has 0 radical (unpaired) electrons. The molecule has 0 saturated heterocycles. The Morgan fingerprint density at radius 3 is 2.50 bits per heavy atom. The van der Waals surface area contributed by atoms with Crippen LogP contribution in [0.1, 0.15) is 23.2 Å². The molecule has 104 valence electrons. The topological polar surface area (TPSA) is 46.5 Å². The van der Waals surface area contributed by atoms with E-state index in [0.29, 0.717) is 35.7 Å². The first-order valence-corrected chi connectivity index (χ1v) is 7.36. The van der Waals surface area contributed by atoms with E-state index < -0.39 is 0 Å². The number of aliphatic hydroxyl groups excluding tert-OH is 1. The molecular weight excluding hydrogens is 252 g/mol. The molecule has 1 N–H and O–H groups in total. The molecule has 3 aliphatic rings. The third-order valence-electron chi connectivity index (χ3n) is 5.20. The Morgan fingerprint density at radius 2 is 1.75 bits per heavy atom. The lowest BCUT2D eigenvalue weighted by atomic mass is 9.84. The number of allylic oxidation sites excluding steroid dienone is 2. The molecule has 0 aromatic heterocycles. The van der Waals surface area contributed by atoms with Crippen LogP contribution in [0.5, 0.6) is 0 Å². The summed E-state index contributed by atoms with van der Waals surface area (Å²) < 4.78 is 5.70. The molecule has 4 rings (SSSR count). The number of ether oxygens (including phenoxy) is 1. The number of carbonyl (C=O) groups excluding carboxylic acids is 1. The van der Waals surface area contributed by atoms with Gasteiger partial charge < -0.3 is 9.84 Å². The van der Waals surface area contributed by atoms with Crippen molar-refractivity contribution in [2.45, 2.75) is 25.0 Å². The van der Waals surface area contributed by atoms with Gasteiger partial charge in [0.1, 0.15) is 6.10 Å². The number of rotatable bonds is 2. The molecule has 0 aliphatic heterocycles. The fraction of sp³-hybridized carbons (Fsp3) is 0.471. The summed E-state index contributed by atoms with van der Waals surface area (Å²) in [5.74, 6) is 1.30. The SMILES string of the molecule is O=C(O[C@H]1C[C@H](O)[C@H]2[C@@H]1[C@H]1C=C[C@@H]2C1)c1ccccc1. The van der Waals surface area contributed by atoms with Gasteiger partial charge in [-0.2, -0.15) is 0 Å². The molecule has 0 heterocycles. The number of fused-ring (bicyclic) bond motifs is 5. The highest BCUT2D eigenvalue weighted by Gasteiger charge is 2.56. The second-order valence-electron chi connectivity index (χ2n) is 6.22. The van der Waals surface area contributed by atoms with Crippen LogP contribution < -0.4 is 0 Å². The van der Waals surface area contributed by atoms with Gasteiger partial charge in [-0.15, -0.1) is 0 Å². The molecular formula is C17H18O3. The number of benzene rings is 1. The molecule has 3 aliphatic carbocycles. The maximum atomic E-state index is 12.2. The molecule has 0 spiro atoms. The van der Waals surface area contributed by atoms with Gasteiger partial charge in [-0.1, -0.05) is 30.4 Å². The molecule has 1 aromatic rings. The van der Waals surface area contributed by atoms with E-state index in [0.717, 1.165) is 6.42 Å². The maximum Gasteiger partial charge on any atom is 0.338 e. The number of hydrogen-bond acceptors (Lipinski definition) is 3. The van der Waals surface area contributed by atoms with E-state index in [2.05, 4.69) is 12.2 Å². The van der Waals surface area contributed by atoms with Gasteiger partial charge in [0, 0.05) is 12.3 Å². The van der Waals surface area contributed by atoms with Gasteiger partial charge in [0.25, 0.3) is 0 Å². The number of hydrogen-bond donors (Lipinski definition) is 1. The lowest BCUT2D eigenvalue weighted by Gasteiger charge is -2.26. The van der Waals surface area contributed by atoms with Crippen LogP contribution >= 0.6 is 0 Å². The van der Waals surface area contributed by atoms with Crippen LogP contribution in [0.2, 0.25) is 0 Å². The Kier molecular flexibility index (Phi) is 2.71. The van der Waals surface area contributed by atoms with Gasteiger partial charge in [-0.3, -0.25) is 0 Å². The standard InChI is InChI=1S/C17H18O3/c18-13-9-14(16-12-7-6-11(8-12)15(13)16)20-17(19)10-4-2-1-3-5-10/h1-7,11-16,18H,8-9H2/t11-,12+,13+,14+,15+,16-/m1/s1. The summed E-state index contributed by atoms with van der Waals surface area (Å²) in [5.41, 5.74) is 0.587. The van der Waals surface area contributed by atoms with Gasteiger partial charge in [-0.05, 0) is 36.3 Å². The van der Waals surface area contributed by atoms with Gasteiger partial charge in [0.2, 0.25) is 0 Å². The smallest absolute Gasteiger partial charge is 0.338 e. The molecule has 0 amide bonds.